The number of aromatic nitrogens is 4. The van der Waals surface area contributed by atoms with Crippen molar-refractivity contribution in [3.05, 3.63) is 66.1 Å². The molecule has 3 aromatic heterocycles. The van der Waals surface area contributed by atoms with Crippen molar-refractivity contribution in [3.8, 4) is 40.0 Å². The predicted octanol–water partition coefficient (Wildman–Crippen LogP) is 7.22. The molecule has 0 aliphatic carbocycles. The van der Waals surface area contributed by atoms with Crippen molar-refractivity contribution in [2.75, 3.05) is 18.1 Å². The number of pyridine rings is 1. The van der Waals surface area contributed by atoms with Gasteiger partial charge in [-0.1, -0.05) is 29.4 Å². The lowest BCUT2D eigenvalue weighted by molar-refractivity contribution is 0.0429. The summed E-state index contributed by atoms with van der Waals surface area (Å²) >= 11 is 0. The van der Waals surface area contributed by atoms with E-state index in [2.05, 4.69) is 26.5 Å². The highest BCUT2D eigenvalue weighted by atomic mass is 16.6. The standard InChI is InChI=1S/C37H43N7O6/c1-35(2,3)48-33(45)44(34(46)49-36(4,5)6)32-31(42-28(20-41-32)25-13-15-39-30(17-25)37(7,8)22-38)29-18-27(43-50-29)24-11-9-23(10-12-24)19-40-26-14-16-47-21-26/h9-13,15,17-18,20,26,40H,14,16,19,21H2,1-8H3. The predicted molar refractivity (Wildman–Crippen MR) is 186 cm³/mol. The van der Waals surface area contributed by atoms with Gasteiger partial charge in [-0.2, -0.15) is 10.2 Å². The molecule has 1 N–H and O–H groups in total. The first kappa shape index (κ1) is 36.1. The number of nitriles is 1. The molecule has 0 bridgehead atoms. The number of nitrogens with zero attached hydrogens (tertiary/aromatic N) is 6. The summed E-state index contributed by atoms with van der Waals surface area (Å²) in [6, 6.07) is 15.6. The number of imide groups is 1. The number of nitrogens with one attached hydrogen (secondary N) is 1. The Morgan fingerprint density at radius 2 is 1.62 bits per heavy atom. The Labute approximate surface area is 292 Å². The molecule has 1 saturated heterocycles. The number of anilines is 1. The lowest BCUT2D eigenvalue weighted by atomic mass is 9.90. The van der Waals surface area contributed by atoms with Crippen molar-refractivity contribution < 1.29 is 28.3 Å². The van der Waals surface area contributed by atoms with E-state index in [1.807, 2.05) is 24.3 Å². The van der Waals surface area contributed by atoms with Gasteiger partial charge in [0, 0.05) is 42.6 Å². The number of benzene rings is 1. The second-order valence-corrected chi connectivity index (χ2v) is 14.6. The summed E-state index contributed by atoms with van der Waals surface area (Å²) in [6.45, 7) is 15.8. The number of carbonyl (C=O) groups is 2. The summed E-state index contributed by atoms with van der Waals surface area (Å²) in [5.74, 6) is -0.0380. The number of hydrogen-bond acceptors (Lipinski definition) is 12. The number of ether oxygens (including phenoxy) is 3. The van der Waals surface area contributed by atoms with Crippen molar-refractivity contribution in [1.82, 2.24) is 25.4 Å². The summed E-state index contributed by atoms with van der Waals surface area (Å²) in [4.78, 5) is 41.8. The van der Waals surface area contributed by atoms with Gasteiger partial charge < -0.3 is 24.1 Å². The average Bonchev–Trinajstić information content (AvgIpc) is 3.76. The van der Waals surface area contributed by atoms with E-state index in [-0.39, 0.29) is 17.3 Å². The molecule has 13 heteroatoms. The van der Waals surface area contributed by atoms with Crippen molar-refractivity contribution in [2.45, 2.75) is 91.0 Å². The first-order valence-corrected chi connectivity index (χ1v) is 16.4. The molecule has 1 atom stereocenters. The summed E-state index contributed by atoms with van der Waals surface area (Å²) in [7, 11) is 0. The second-order valence-electron chi connectivity index (χ2n) is 14.6. The van der Waals surface area contributed by atoms with Crippen molar-refractivity contribution >= 4 is 18.0 Å². The molecule has 0 saturated carbocycles. The summed E-state index contributed by atoms with van der Waals surface area (Å²) < 4.78 is 22.5. The van der Waals surface area contributed by atoms with Gasteiger partial charge in [-0.25, -0.2) is 19.6 Å². The molecule has 0 spiro atoms. The van der Waals surface area contributed by atoms with Crippen LogP contribution in [-0.2, 0) is 26.2 Å². The minimum atomic E-state index is -1.01. The van der Waals surface area contributed by atoms with Crippen LogP contribution in [0.25, 0.3) is 34.0 Å². The molecule has 4 aromatic rings. The third-order valence-corrected chi connectivity index (χ3v) is 7.61. The molecule has 1 fully saturated rings. The van der Waals surface area contributed by atoms with Gasteiger partial charge in [0.15, 0.2) is 17.3 Å². The lowest BCUT2D eigenvalue weighted by Gasteiger charge is -2.28. The maximum Gasteiger partial charge on any atom is 0.425 e. The summed E-state index contributed by atoms with van der Waals surface area (Å²) in [5.41, 5.74) is 1.18. The van der Waals surface area contributed by atoms with Crippen LogP contribution < -0.4 is 10.2 Å². The Hall–Kier alpha value is -5.19. The largest absolute Gasteiger partial charge is 0.443 e. The maximum absolute atomic E-state index is 13.6. The fourth-order valence-corrected chi connectivity index (χ4v) is 4.98. The Morgan fingerprint density at radius 3 is 2.22 bits per heavy atom. The number of amides is 2. The first-order valence-electron chi connectivity index (χ1n) is 16.4. The summed E-state index contributed by atoms with van der Waals surface area (Å²) in [5, 5.41) is 17.5. The van der Waals surface area contributed by atoms with E-state index in [9.17, 15) is 14.9 Å². The van der Waals surface area contributed by atoms with Crippen LogP contribution in [0.1, 0.15) is 73.1 Å². The molecule has 0 radical (unpaired) electrons. The van der Waals surface area contributed by atoms with Crippen molar-refractivity contribution in [1.29, 1.82) is 5.26 Å². The normalized spacial score (nSPS) is 15.0. The van der Waals surface area contributed by atoms with Crippen LogP contribution in [0.2, 0.25) is 0 Å². The summed E-state index contributed by atoms with van der Waals surface area (Å²) in [6.07, 6.45) is 1.97. The van der Waals surface area contributed by atoms with Gasteiger partial charge >= 0.3 is 12.2 Å². The highest BCUT2D eigenvalue weighted by molar-refractivity contribution is 6.10. The van der Waals surface area contributed by atoms with Crippen LogP contribution in [0.15, 0.2) is 59.4 Å². The van der Waals surface area contributed by atoms with Crippen molar-refractivity contribution in [3.63, 3.8) is 0 Å². The van der Waals surface area contributed by atoms with Gasteiger partial charge in [-0.3, -0.25) is 4.98 Å². The number of rotatable bonds is 8. The van der Waals surface area contributed by atoms with E-state index in [0.717, 1.165) is 24.2 Å². The molecule has 1 aliphatic heterocycles. The SMILES string of the molecule is CC(C)(C)OC(=O)N(C(=O)OC(C)(C)C)c1ncc(-c2ccnc(C(C)(C)C#N)c2)nc1-c1cc(-c2ccc(CNC3CCOC3)cc2)no1. The van der Waals surface area contributed by atoms with Crippen LogP contribution in [0.5, 0.6) is 0 Å². The van der Waals surface area contributed by atoms with Crippen LogP contribution in [-0.4, -0.2) is 62.8 Å². The number of carbonyl (C=O) groups excluding carboxylic acids is 2. The fraction of sp³-hybridized carbons (Fsp3) is 0.432. The van der Waals surface area contributed by atoms with Gasteiger partial charge in [-0.05, 0) is 79.5 Å². The Bertz CT molecular complexity index is 1850. The van der Waals surface area contributed by atoms with E-state index in [4.69, 9.17) is 23.7 Å². The molecule has 2 amide bonds. The Kier molecular flexibility index (Phi) is 10.4. The van der Waals surface area contributed by atoms with E-state index < -0.39 is 28.8 Å². The van der Waals surface area contributed by atoms with Crippen LogP contribution in [0.3, 0.4) is 0 Å². The van der Waals surface area contributed by atoms with E-state index in [1.54, 1.807) is 79.8 Å². The van der Waals surface area contributed by atoms with E-state index >= 15 is 0 Å². The van der Waals surface area contributed by atoms with Gasteiger partial charge in [0.05, 0.1) is 35.7 Å². The van der Waals surface area contributed by atoms with Crippen LogP contribution in [0, 0.1) is 11.3 Å². The zero-order valence-electron chi connectivity index (χ0n) is 29.7. The second kappa shape index (κ2) is 14.3. The van der Waals surface area contributed by atoms with E-state index in [1.165, 1.54) is 6.20 Å². The minimum absolute atomic E-state index is 0.0375. The Balaban J connectivity index is 1.58. The van der Waals surface area contributed by atoms with Gasteiger partial charge in [0.25, 0.3) is 0 Å². The van der Waals surface area contributed by atoms with Gasteiger partial charge in [0.1, 0.15) is 16.9 Å². The first-order chi connectivity index (χ1) is 23.5. The zero-order valence-corrected chi connectivity index (χ0v) is 29.7. The zero-order chi connectivity index (χ0) is 36.3. The highest BCUT2D eigenvalue weighted by Gasteiger charge is 2.37. The molecule has 1 unspecified atom stereocenters. The lowest BCUT2D eigenvalue weighted by Crippen LogP contribution is -2.44. The smallest absolute Gasteiger partial charge is 0.425 e. The quantitative estimate of drug-likeness (QED) is 0.199. The van der Waals surface area contributed by atoms with Gasteiger partial charge in [0.2, 0.25) is 0 Å². The van der Waals surface area contributed by atoms with Crippen LogP contribution in [0.4, 0.5) is 15.4 Å². The minimum Gasteiger partial charge on any atom is -0.443 e. The Morgan fingerprint density at radius 1 is 0.940 bits per heavy atom. The van der Waals surface area contributed by atoms with Crippen molar-refractivity contribution in [2.24, 2.45) is 0 Å². The molecular weight excluding hydrogens is 638 g/mol. The molecule has 13 nitrogen and oxygen atoms in total. The molecule has 1 aliphatic rings. The third-order valence-electron chi connectivity index (χ3n) is 7.61. The topological polar surface area (TPSA) is 166 Å². The monoisotopic (exact) mass is 681 g/mol. The third kappa shape index (κ3) is 8.88. The number of hydrogen-bond donors (Lipinski definition) is 1. The highest BCUT2D eigenvalue weighted by Crippen LogP contribution is 2.35. The average molecular weight is 682 g/mol. The molecule has 262 valence electrons. The molecular formula is C37H43N7O6. The van der Waals surface area contributed by atoms with Gasteiger partial charge in [-0.15, -0.1) is 0 Å². The molecule has 1 aromatic carbocycles. The maximum atomic E-state index is 13.6. The molecule has 4 heterocycles. The van der Waals surface area contributed by atoms with Crippen LogP contribution >= 0.6 is 0 Å². The molecule has 50 heavy (non-hydrogen) atoms. The van der Waals surface area contributed by atoms with E-state index in [0.29, 0.717) is 46.7 Å². The fourth-order valence-electron chi connectivity index (χ4n) is 4.98. The molecule has 5 rings (SSSR count).